The average molecular weight is 197 g/mol. The van der Waals surface area contributed by atoms with Crippen molar-refractivity contribution in [1.29, 1.82) is 0 Å². The predicted octanol–water partition coefficient (Wildman–Crippen LogP) is 2.31. The summed E-state index contributed by atoms with van der Waals surface area (Å²) < 4.78 is 5.31. The van der Waals surface area contributed by atoms with Crippen LogP contribution in [0.3, 0.4) is 0 Å². The van der Waals surface area contributed by atoms with Gasteiger partial charge >= 0.3 is 0 Å². The Morgan fingerprint density at radius 1 is 1.43 bits per heavy atom. The van der Waals surface area contributed by atoms with E-state index in [-0.39, 0.29) is 0 Å². The molecule has 0 amide bonds. The third kappa shape index (κ3) is 3.81. The Morgan fingerprint density at radius 3 is 2.64 bits per heavy atom. The van der Waals surface area contributed by atoms with Crippen LogP contribution in [0, 0.1) is 5.92 Å². The zero-order valence-electron chi connectivity index (χ0n) is 9.59. The second-order valence-electron chi connectivity index (χ2n) is 4.17. The lowest BCUT2D eigenvalue weighted by molar-refractivity contribution is 0.0382. The Morgan fingerprint density at radius 2 is 2.07 bits per heavy atom. The maximum Gasteiger partial charge on any atom is 0.0594 e. The molecule has 0 aliphatic carbocycles. The minimum Gasteiger partial charge on any atom is -0.379 e. The van der Waals surface area contributed by atoms with Gasteiger partial charge in [-0.05, 0) is 18.8 Å². The second kappa shape index (κ2) is 6.20. The van der Waals surface area contributed by atoms with Crippen molar-refractivity contribution in [3.8, 4) is 0 Å². The van der Waals surface area contributed by atoms with Gasteiger partial charge in [0.15, 0.2) is 0 Å². The Kier molecular flexibility index (Phi) is 5.20. The zero-order valence-corrected chi connectivity index (χ0v) is 9.59. The Labute approximate surface area is 87.9 Å². The molecule has 1 saturated heterocycles. The van der Waals surface area contributed by atoms with Gasteiger partial charge in [0, 0.05) is 19.6 Å². The smallest absolute Gasteiger partial charge is 0.0594 e. The van der Waals surface area contributed by atoms with Crippen molar-refractivity contribution >= 4 is 0 Å². The molecule has 1 rings (SSSR count). The third-order valence-electron chi connectivity index (χ3n) is 3.16. The maximum absolute atomic E-state index is 5.31. The SMILES string of the molecule is C=C(CCN1CCOCC1)C(C)CC. The molecule has 1 atom stereocenters. The van der Waals surface area contributed by atoms with E-state index in [0.29, 0.717) is 5.92 Å². The molecule has 0 aromatic rings. The summed E-state index contributed by atoms with van der Waals surface area (Å²) in [7, 11) is 0. The monoisotopic (exact) mass is 197 g/mol. The van der Waals surface area contributed by atoms with Gasteiger partial charge in [-0.1, -0.05) is 26.0 Å². The van der Waals surface area contributed by atoms with E-state index in [1.54, 1.807) is 0 Å². The largest absolute Gasteiger partial charge is 0.379 e. The molecule has 14 heavy (non-hydrogen) atoms. The van der Waals surface area contributed by atoms with Crippen LogP contribution in [-0.4, -0.2) is 37.7 Å². The van der Waals surface area contributed by atoms with Crippen molar-refractivity contribution < 1.29 is 4.74 Å². The standard InChI is InChI=1S/C12H23NO/c1-4-11(2)12(3)5-6-13-7-9-14-10-8-13/h11H,3-10H2,1-2H3. The summed E-state index contributed by atoms with van der Waals surface area (Å²) in [5.41, 5.74) is 1.40. The van der Waals surface area contributed by atoms with Crippen molar-refractivity contribution in [3.05, 3.63) is 12.2 Å². The summed E-state index contributed by atoms with van der Waals surface area (Å²) in [5.74, 6) is 0.677. The van der Waals surface area contributed by atoms with Gasteiger partial charge in [0.1, 0.15) is 0 Å². The van der Waals surface area contributed by atoms with Gasteiger partial charge in [0.05, 0.1) is 13.2 Å². The average Bonchev–Trinajstić information content (AvgIpc) is 2.26. The molecule has 0 radical (unpaired) electrons. The van der Waals surface area contributed by atoms with Gasteiger partial charge in [0.25, 0.3) is 0 Å². The molecule has 0 bridgehead atoms. The van der Waals surface area contributed by atoms with Crippen LogP contribution in [0.2, 0.25) is 0 Å². The van der Waals surface area contributed by atoms with Crippen LogP contribution in [0.25, 0.3) is 0 Å². The third-order valence-corrected chi connectivity index (χ3v) is 3.16. The molecule has 2 heteroatoms. The number of morpholine rings is 1. The van der Waals surface area contributed by atoms with E-state index in [2.05, 4.69) is 25.3 Å². The highest BCUT2D eigenvalue weighted by Crippen LogP contribution is 2.16. The summed E-state index contributed by atoms with van der Waals surface area (Å²) in [6.45, 7) is 13.8. The Balaban J connectivity index is 2.15. The summed E-state index contributed by atoms with van der Waals surface area (Å²) in [5, 5.41) is 0. The van der Waals surface area contributed by atoms with Crippen molar-refractivity contribution in [2.45, 2.75) is 26.7 Å². The van der Waals surface area contributed by atoms with Crippen LogP contribution in [0.1, 0.15) is 26.7 Å². The summed E-state index contributed by atoms with van der Waals surface area (Å²) >= 11 is 0. The fourth-order valence-corrected chi connectivity index (χ4v) is 1.66. The fraction of sp³-hybridized carbons (Fsp3) is 0.833. The molecule has 1 heterocycles. The first-order valence-corrected chi connectivity index (χ1v) is 5.71. The van der Waals surface area contributed by atoms with Gasteiger partial charge in [0.2, 0.25) is 0 Å². The highest BCUT2D eigenvalue weighted by atomic mass is 16.5. The molecule has 0 aromatic heterocycles. The second-order valence-corrected chi connectivity index (χ2v) is 4.17. The quantitative estimate of drug-likeness (QED) is 0.627. The normalized spacial score (nSPS) is 20.7. The van der Waals surface area contributed by atoms with Crippen LogP contribution in [0.5, 0.6) is 0 Å². The van der Waals surface area contributed by atoms with Gasteiger partial charge in [-0.2, -0.15) is 0 Å². The fourth-order valence-electron chi connectivity index (χ4n) is 1.66. The number of hydrogen-bond acceptors (Lipinski definition) is 2. The first-order chi connectivity index (χ1) is 6.74. The minimum absolute atomic E-state index is 0.677. The first-order valence-electron chi connectivity index (χ1n) is 5.71. The molecule has 1 unspecified atom stereocenters. The van der Waals surface area contributed by atoms with E-state index in [4.69, 9.17) is 4.74 Å². The zero-order chi connectivity index (χ0) is 10.4. The summed E-state index contributed by atoms with van der Waals surface area (Å²) in [6.07, 6.45) is 2.36. The number of ether oxygens (including phenoxy) is 1. The van der Waals surface area contributed by atoms with Crippen LogP contribution in [-0.2, 0) is 4.74 Å². The van der Waals surface area contributed by atoms with Crippen molar-refractivity contribution in [2.75, 3.05) is 32.8 Å². The molecule has 0 saturated carbocycles. The lowest BCUT2D eigenvalue weighted by atomic mass is 9.97. The number of nitrogens with zero attached hydrogens (tertiary/aromatic N) is 1. The van der Waals surface area contributed by atoms with E-state index in [0.717, 1.165) is 39.3 Å². The minimum atomic E-state index is 0.677. The molecule has 1 fully saturated rings. The van der Waals surface area contributed by atoms with E-state index in [9.17, 15) is 0 Å². The van der Waals surface area contributed by atoms with Crippen molar-refractivity contribution in [2.24, 2.45) is 5.92 Å². The van der Waals surface area contributed by atoms with E-state index >= 15 is 0 Å². The van der Waals surface area contributed by atoms with Crippen LogP contribution in [0.4, 0.5) is 0 Å². The van der Waals surface area contributed by atoms with E-state index < -0.39 is 0 Å². The van der Waals surface area contributed by atoms with Crippen molar-refractivity contribution in [1.82, 2.24) is 4.90 Å². The van der Waals surface area contributed by atoms with Crippen LogP contribution >= 0.6 is 0 Å². The molecular formula is C12H23NO. The molecule has 0 spiro atoms. The van der Waals surface area contributed by atoms with Gasteiger partial charge < -0.3 is 4.74 Å². The van der Waals surface area contributed by atoms with E-state index in [1.807, 2.05) is 0 Å². The Bertz CT molecular complexity index is 173. The molecular weight excluding hydrogens is 174 g/mol. The number of rotatable bonds is 5. The van der Waals surface area contributed by atoms with Crippen LogP contribution < -0.4 is 0 Å². The van der Waals surface area contributed by atoms with Crippen LogP contribution in [0.15, 0.2) is 12.2 Å². The lowest BCUT2D eigenvalue weighted by Crippen LogP contribution is -2.37. The highest BCUT2D eigenvalue weighted by molar-refractivity contribution is 4.99. The topological polar surface area (TPSA) is 12.5 Å². The molecule has 82 valence electrons. The number of hydrogen-bond donors (Lipinski definition) is 0. The van der Waals surface area contributed by atoms with Crippen molar-refractivity contribution in [3.63, 3.8) is 0 Å². The molecule has 0 aromatic carbocycles. The predicted molar refractivity (Wildman–Crippen MR) is 60.5 cm³/mol. The molecule has 1 aliphatic heterocycles. The van der Waals surface area contributed by atoms with Gasteiger partial charge in [-0.15, -0.1) is 0 Å². The Hall–Kier alpha value is -0.340. The summed E-state index contributed by atoms with van der Waals surface area (Å²) in [6, 6.07) is 0. The lowest BCUT2D eigenvalue weighted by Gasteiger charge is -2.27. The molecule has 1 aliphatic rings. The maximum atomic E-state index is 5.31. The highest BCUT2D eigenvalue weighted by Gasteiger charge is 2.11. The molecule has 0 N–H and O–H groups in total. The summed E-state index contributed by atoms with van der Waals surface area (Å²) in [4.78, 5) is 2.47. The molecule has 2 nitrogen and oxygen atoms in total. The first kappa shape index (κ1) is 11.7. The van der Waals surface area contributed by atoms with Gasteiger partial charge in [-0.3, -0.25) is 4.90 Å². The van der Waals surface area contributed by atoms with E-state index in [1.165, 1.54) is 12.0 Å². The van der Waals surface area contributed by atoms with Gasteiger partial charge in [-0.25, -0.2) is 0 Å².